The van der Waals surface area contributed by atoms with Crippen LogP contribution in [0.25, 0.3) is 0 Å². The van der Waals surface area contributed by atoms with Crippen molar-refractivity contribution in [3.05, 3.63) is 0 Å². The van der Waals surface area contributed by atoms with E-state index in [1.165, 1.54) is 45.3 Å². The van der Waals surface area contributed by atoms with Gasteiger partial charge >= 0.3 is 0 Å². The quantitative estimate of drug-likeness (QED) is 0.598. The van der Waals surface area contributed by atoms with Crippen molar-refractivity contribution >= 4 is 0 Å². The lowest BCUT2D eigenvalue weighted by atomic mass is 9.87. The zero-order valence-electron chi connectivity index (χ0n) is 11.2. The number of hydrogen-bond donors (Lipinski definition) is 1. The lowest BCUT2D eigenvalue weighted by Gasteiger charge is -2.23. The minimum absolute atomic E-state index is 0.335. The smallest absolute Gasteiger partial charge is 0.00189 e. The van der Waals surface area contributed by atoms with Gasteiger partial charge in [0.1, 0.15) is 0 Å². The first-order chi connectivity index (χ1) is 7.05. The fourth-order valence-electron chi connectivity index (χ4n) is 1.79. The molecular formula is C13H30N2. The Kier molecular flexibility index (Phi) is 8.07. The standard InChI is InChI=1S/C13H30N2/c1-5-10-15(6-2)11-8-7-9-13(3,4)12-14/h5-12,14H2,1-4H3. The molecule has 2 nitrogen and oxygen atoms in total. The van der Waals surface area contributed by atoms with Gasteiger partial charge in [0.05, 0.1) is 0 Å². The molecule has 92 valence electrons. The van der Waals surface area contributed by atoms with Crippen molar-refractivity contribution in [2.75, 3.05) is 26.2 Å². The summed E-state index contributed by atoms with van der Waals surface area (Å²) < 4.78 is 0. The average Bonchev–Trinajstić information content (AvgIpc) is 2.22. The predicted molar refractivity (Wildman–Crippen MR) is 69.1 cm³/mol. The van der Waals surface area contributed by atoms with Crippen LogP contribution < -0.4 is 5.73 Å². The average molecular weight is 214 g/mol. The maximum absolute atomic E-state index is 5.71. The van der Waals surface area contributed by atoms with E-state index < -0.39 is 0 Å². The first kappa shape index (κ1) is 14.9. The maximum Gasteiger partial charge on any atom is -0.00189 e. The van der Waals surface area contributed by atoms with Gasteiger partial charge in [0.25, 0.3) is 0 Å². The number of rotatable bonds is 9. The molecule has 0 bridgehead atoms. The van der Waals surface area contributed by atoms with Crippen LogP contribution in [0.5, 0.6) is 0 Å². The molecule has 0 heterocycles. The van der Waals surface area contributed by atoms with Crippen molar-refractivity contribution in [3.63, 3.8) is 0 Å². The highest BCUT2D eigenvalue weighted by molar-refractivity contribution is 4.69. The van der Waals surface area contributed by atoms with E-state index in [0.29, 0.717) is 5.41 Å². The Bertz CT molecular complexity index is 143. The normalized spacial score (nSPS) is 12.4. The summed E-state index contributed by atoms with van der Waals surface area (Å²) in [4.78, 5) is 2.54. The van der Waals surface area contributed by atoms with Gasteiger partial charge in [-0.05, 0) is 50.9 Å². The second-order valence-corrected chi connectivity index (χ2v) is 5.26. The first-order valence-electron chi connectivity index (χ1n) is 6.48. The van der Waals surface area contributed by atoms with E-state index in [2.05, 4.69) is 32.6 Å². The third kappa shape index (κ3) is 7.80. The molecule has 0 amide bonds. The summed E-state index contributed by atoms with van der Waals surface area (Å²) >= 11 is 0. The molecule has 0 radical (unpaired) electrons. The molecule has 0 saturated heterocycles. The van der Waals surface area contributed by atoms with Gasteiger partial charge in [-0.15, -0.1) is 0 Å². The monoisotopic (exact) mass is 214 g/mol. The van der Waals surface area contributed by atoms with Crippen LogP contribution >= 0.6 is 0 Å². The molecule has 0 rings (SSSR count). The Morgan fingerprint density at radius 1 is 1.07 bits per heavy atom. The van der Waals surface area contributed by atoms with Gasteiger partial charge in [0.2, 0.25) is 0 Å². The molecule has 15 heavy (non-hydrogen) atoms. The van der Waals surface area contributed by atoms with Crippen LogP contribution in [0.4, 0.5) is 0 Å². The molecule has 0 atom stereocenters. The Hall–Kier alpha value is -0.0800. The zero-order valence-corrected chi connectivity index (χ0v) is 11.2. The zero-order chi connectivity index (χ0) is 11.7. The van der Waals surface area contributed by atoms with E-state index in [0.717, 1.165) is 6.54 Å². The summed E-state index contributed by atoms with van der Waals surface area (Å²) in [5, 5.41) is 0. The second kappa shape index (κ2) is 8.12. The predicted octanol–water partition coefficient (Wildman–Crippen LogP) is 2.87. The van der Waals surface area contributed by atoms with Crippen LogP contribution in [0.15, 0.2) is 0 Å². The molecule has 0 aliphatic rings. The molecule has 0 aromatic heterocycles. The first-order valence-corrected chi connectivity index (χ1v) is 6.48. The van der Waals surface area contributed by atoms with Crippen LogP contribution in [0, 0.1) is 5.41 Å². The fraction of sp³-hybridized carbons (Fsp3) is 1.00. The van der Waals surface area contributed by atoms with E-state index in [-0.39, 0.29) is 0 Å². The summed E-state index contributed by atoms with van der Waals surface area (Å²) in [5.74, 6) is 0. The summed E-state index contributed by atoms with van der Waals surface area (Å²) in [6, 6.07) is 0. The molecule has 0 aliphatic carbocycles. The molecule has 2 heteroatoms. The summed E-state index contributed by atoms with van der Waals surface area (Å²) in [6.45, 7) is 13.5. The van der Waals surface area contributed by atoms with Crippen molar-refractivity contribution in [1.29, 1.82) is 0 Å². The molecule has 0 unspecified atom stereocenters. The van der Waals surface area contributed by atoms with Gasteiger partial charge in [-0.25, -0.2) is 0 Å². The number of hydrogen-bond acceptors (Lipinski definition) is 2. The summed E-state index contributed by atoms with van der Waals surface area (Å²) in [5.41, 5.74) is 6.05. The lowest BCUT2D eigenvalue weighted by molar-refractivity contribution is 0.266. The minimum atomic E-state index is 0.335. The van der Waals surface area contributed by atoms with Crippen LogP contribution in [0.2, 0.25) is 0 Å². The lowest BCUT2D eigenvalue weighted by Crippen LogP contribution is -2.26. The Balaban J connectivity index is 3.52. The highest BCUT2D eigenvalue weighted by atomic mass is 15.1. The molecule has 0 saturated carbocycles. The minimum Gasteiger partial charge on any atom is -0.330 e. The second-order valence-electron chi connectivity index (χ2n) is 5.26. The Morgan fingerprint density at radius 3 is 2.20 bits per heavy atom. The highest BCUT2D eigenvalue weighted by Gasteiger charge is 2.14. The summed E-state index contributed by atoms with van der Waals surface area (Å²) in [6.07, 6.45) is 5.15. The van der Waals surface area contributed by atoms with Gasteiger partial charge in [-0.2, -0.15) is 0 Å². The van der Waals surface area contributed by atoms with E-state index in [1.807, 2.05) is 0 Å². The molecular weight excluding hydrogens is 184 g/mol. The van der Waals surface area contributed by atoms with Gasteiger partial charge in [-0.3, -0.25) is 0 Å². The van der Waals surface area contributed by atoms with E-state index in [4.69, 9.17) is 5.73 Å². The topological polar surface area (TPSA) is 29.3 Å². The molecule has 0 aliphatic heterocycles. The van der Waals surface area contributed by atoms with Gasteiger partial charge < -0.3 is 10.6 Å². The molecule has 0 aromatic rings. The van der Waals surface area contributed by atoms with Crippen LogP contribution in [0.3, 0.4) is 0 Å². The fourth-order valence-corrected chi connectivity index (χ4v) is 1.79. The van der Waals surface area contributed by atoms with Gasteiger partial charge in [0, 0.05) is 0 Å². The van der Waals surface area contributed by atoms with Crippen molar-refractivity contribution in [3.8, 4) is 0 Å². The highest BCUT2D eigenvalue weighted by Crippen LogP contribution is 2.21. The van der Waals surface area contributed by atoms with E-state index in [9.17, 15) is 0 Å². The van der Waals surface area contributed by atoms with Gasteiger partial charge in [0.15, 0.2) is 0 Å². The number of nitrogens with zero attached hydrogens (tertiary/aromatic N) is 1. The maximum atomic E-state index is 5.71. The Morgan fingerprint density at radius 2 is 1.73 bits per heavy atom. The third-order valence-corrected chi connectivity index (χ3v) is 3.12. The number of unbranched alkanes of at least 4 members (excludes halogenated alkanes) is 1. The van der Waals surface area contributed by atoms with E-state index >= 15 is 0 Å². The van der Waals surface area contributed by atoms with Crippen molar-refractivity contribution in [2.45, 2.75) is 53.4 Å². The largest absolute Gasteiger partial charge is 0.330 e. The summed E-state index contributed by atoms with van der Waals surface area (Å²) in [7, 11) is 0. The molecule has 0 aromatic carbocycles. The van der Waals surface area contributed by atoms with Crippen molar-refractivity contribution < 1.29 is 0 Å². The molecule has 2 N–H and O–H groups in total. The van der Waals surface area contributed by atoms with Crippen molar-refractivity contribution in [2.24, 2.45) is 11.1 Å². The number of nitrogens with two attached hydrogens (primary N) is 1. The van der Waals surface area contributed by atoms with Crippen LogP contribution in [-0.2, 0) is 0 Å². The van der Waals surface area contributed by atoms with Crippen molar-refractivity contribution in [1.82, 2.24) is 4.90 Å². The van der Waals surface area contributed by atoms with Crippen LogP contribution in [-0.4, -0.2) is 31.1 Å². The Labute approximate surface area is 96.2 Å². The third-order valence-electron chi connectivity index (χ3n) is 3.12. The molecule has 0 spiro atoms. The van der Waals surface area contributed by atoms with Gasteiger partial charge in [-0.1, -0.05) is 34.1 Å². The van der Waals surface area contributed by atoms with E-state index in [1.54, 1.807) is 0 Å². The molecule has 0 fully saturated rings. The van der Waals surface area contributed by atoms with Crippen LogP contribution in [0.1, 0.15) is 53.4 Å². The SMILES string of the molecule is CCCN(CC)CCCCC(C)(C)CN.